The number of carbonyl (C=O) groups excluding carboxylic acids is 2. The van der Waals surface area contributed by atoms with Gasteiger partial charge in [0, 0.05) is 18.8 Å². The van der Waals surface area contributed by atoms with Gasteiger partial charge in [-0.05, 0) is 32.1 Å². The molecule has 31 heavy (non-hydrogen) atoms. The first-order valence-corrected chi connectivity index (χ1v) is 12.2. The summed E-state index contributed by atoms with van der Waals surface area (Å²) in [5.41, 5.74) is 0. The number of allylic oxidation sites excluding steroid dienone is 1. The summed E-state index contributed by atoms with van der Waals surface area (Å²) in [5, 5.41) is 20.8. The van der Waals surface area contributed by atoms with Gasteiger partial charge in [-0.1, -0.05) is 64.0 Å². The number of quaternary nitrogens is 1. The number of ether oxygens (including phenoxy) is 1. The number of likely N-dealkylation sites (N-methyl/N-ethyl adjacent to an activating group) is 1. The number of carbonyl (C=O) groups is 2. The number of hydrogen-bond donors (Lipinski definition) is 1. The lowest BCUT2D eigenvalue weighted by Crippen LogP contribution is -2.45. The number of nitrogens with zero attached hydrogens (tertiary/aromatic N) is 1. The molecular weight excluding hydrogens is 394 g/mol. The molecular formula is C25H47NO5. The third-order valence-corrected chi connectivity index (χ3v) is 5.16. The van der Waals surface area contributed by atoms with Crippen LogP contribution in [0.5, 0.6) is 0 Å². The number of aliphatic hydroxyl groups excluding tert-OH is 1. The van der Waals surface area contributed by atoms with Crippen LogP contribution in [0, 0.1) is 0 Å². The highest BCUT2D eigenvalue weighted by Gasteiger charge is 2.22. The molecule has 0 amide bonds. The van der Waals surface area contributed by atoms with Gasteiger partial charge in [0.25, 0.3) is 0 Å². The van der Waals surface area contributed by atoms with Crippen molar-refractivity contribution in [3.05, 3.63) is 12.2 Å². The van der Waals surface area contributed by atoms with E-state index >= 15 is 0 Å². The Hall–Kier alpha value is -1.40. The average molecular weight is 442 g/mol. The Balaban J connectivity index is 3.74. The van der Waals surface area contributed by atoms with E-state index in [9.17, 15) is 19.8 Å². The summed E-state index contributed by atoms with van der Waals surface area (Å²) in [6.07, 6.45) is 16.0. The number of unbranched alkanes of at least 4 members (excludes halogenated alkanes) is 8. The van der Waals surface area contributed by atoms with Crippen LogP contribution in [0.3, 0.4) is 0 Å². The fourth-order valence-electron chi connectivity index (χ4n) is 3.54. The van der Waals surface area contributed by atoms with E-state index in [1.54, 1.807) is 0 Å². The van der Waals surface area contributed by atoms with Gasteiger partial charge >= 0.3 is 5.97 Å². The van der Waals surface area contributed by atoms with Gasteiger partial charge in [-0.2, -0.15) is 0 Å². The van der Waals surface area contributed by atoms with Gasteiger partial charge in [0.2, 0.25) is 0 Å². The van der Waals surface area contributed by atoms with Crippen molar-refractivity contribution in [1.82, 2.24) is 0 Å². The molecule has 182 valence electrons. The molecule has 6 nitrogen and oxygen atoms in total. The number of aliphatic carboxylic acids is 1. The molecule has 0 saturated heterocycles. The van der Waals surface area contributed by atoms with Crippen molar-refractivity contribution in [2.24, 2.45) is 0 Å². The number of carboxylic acids is 1. The van der Waals surface area contributed by atoms with Crippen molar-refractivity contribution in [2.75, 3.05) is 27.7 Å². The highest BCUT2D eigenvalue weighted by Crippen LogP contribution is 2.12. The first kappa shape index (κ1) is 29.6. The predicted molar refractivity (Wildman–Crippen MR) is 123 cm³/mol. The second-order valence-corrected chi connectivity index (χ2v) is 9.68. The molecule has 0 rings (SSSR count). The topological polar surface area (TPSA) is 86.7 Å². The van der Waals surface area contributed by atoms with Gasteiger partial charge in [0.15, 0.2) is 6.10 Å². The lowest BCUT2D eigenvalue weighted by molar-refractivity contribution is -0.873. The zero-order valence-electron chi connectivity index (χ0n) is 20.4. The van der Waals surface area contributed by atoms with E-state index in [-0.39, 0.29) is 18.5 Å². The standard InChI is InChI=1S/C25H47NO5/c1-5-6-7-14-17-22(27)18-15-12-10-8-9-11-13-16-19-25(30)31-23(20-24(28)29)21-26(2,3)4/h12,15,22-23,27H,5-11,13-14,16-21H2,1-4H3/b15-12+. The van der Waals surface area contributed by atoms with Crippen LogP contribution in [0.4, 0.5) is 0 Å². The Morgan fingerprint density at radius 3 is 2.26 bits per heavy atom. The number of carboxylic acid groups (broad SMARTS) is 1. The maximum Gasteiger partial charge on any atom is 0.306 e. The van der Waals surface area contributed by atoms with Crippen molar-refractivity contribution in [3.63, 3.8) is 0 Å². The molecule has 0 aliphatic heterocycles. The van der Waals surface area contributed by atoms with E-state index < -0.39 is 12.1 Å². The molecule has 1 N–H and O–H groups in total. The van der Waals surface area contributed by atoms with Gasteiger partial charge in [-0.15, -0.1) is 0 Å². The Morgan fingerprint density at radius 2 is 1.61 bits per heavy atom. The summed E-state index contributed by atoms with van der Waals surface area (Å²) < 4.78 is 5.89. The predicted octanol–water partition coefficient (Wildman–Crippen LogP) is 3.75. The number of hydrogen-bond acceptors (Lipinski definition) is 5. The Bertz CT molecular complexity index is 499. The third kappa shape index (κ3) is 21.6. The minimum atomic E-state index is -1.19. The zero-order valence-corrected chi connectivity index (χ0v) is 20.4. The normalized spacial score (nSPS) is 14.0. The minimum Gasteiger partial charge on any atom is -0.550 e. The SMILES string of the molecule is CCCCCCC(O)C/C=C/CCCCCCCC(=O)OC(CC(=O)[O-])C[N+](C)(C)C. The van der Waals surface area contributed by atoms with Crippen molar-refractivity contribution < 1.29 is 29.0 Å². The Morgan fingerprint density at radius 1 is 0.968 bits per heavy atom. The number of aliphatic hydroxyl groups is 1. The lowest BCUT2D eigenvalue weighted by Gasteiger charge is -2.29. The van der Waals surface area contributed by atoms with Gasteiger partial charge < -0.3 is 24.2 Å². The van der Waals surface area contributed by atoms with Crippen molar-refractivity contribution in [1.29, 1.82) is 0 Å². The Kier molecular flexibility index (Phi) is 17.4. The molecule has 0 saturated carbocycles. The summed E-state index contributed by atoms with van der Waals surface area (Å²) in [6, 6.07) is 0. The molecule has 2 atom stereocenters. The van der Waals surface area contributed by atoms with Crippen LogP contribution in [0.25, 0.3) is 0 Å². The highest BCUT2D eigenvalue weighted by molar-refractivity contribution is 5.70. The van der Waals surface area contributed by atoms with E-state index in [2.05, 4.69) is 19.1 Å². The molecule has 0 aromatic carbocycles. The Labute approximate surface area is 190 Å². The summed E-state index contributed by atoms with van der Waals surface area (Å²) in [4.78, 5) is 22.9. The molecule has 0 aromatic heterocycles. The molecule has 0 aliphatic rings. The van der Waals surface area contributed by atoms with Gasteiger partial charge in [-0.3, -0.25) is 4.79 Å². The first-order chi connectivity index (χ1) is 14.6. The largest absolute Gasteiger partial charge is 0.550 e. The lowest BCUT2D eigenvalue weighted by atomic mass is 10.1. The molecule has 0 aliphatic carbocycles. The van der Waals surface area contributed by atoms with E-state index in [0.717, 1.165) is 57.8 Å². The van der Waals surface area contributed by atoms with E-state index in [4.69, 9.17) is 4.74 Å². The van der Waals surface area contributed by atoms with Gasteiger partial charge in [0.05, 0.1) is 27.2 Å². The summed E-state index contributed by atoms with van der Waals surface area (Å²) in [7, 11) is 5.80. The molecule has 0 bridgehead atoms. The van der Waals surface area contributed by atoms with Crippen molar-refractivity contribution in [2.45, 2.75) is 109 Å². The van der Waals surface area contributed by atoms with Crippen molar-refractivity contribution in [3.8, 4) is 0 Å². The quantitative estimate of drug-likeness (QED) is 0.135. The molecule has 0 fully saturated rings. The zero-order chi connectivity index (χ0) is 23.5. The average Bonchev–Trinajstić information content (AvgIpc) is 2.64. The maximum absolute atomic E-state index is 12.0. The highest BCUT2D eigenvalue weighted by atomic mass is 16.5. The molecule has 0 radical (unpaired) electrons. The minimum absolute atomic E-state index is 0.207. The summed E-state index contributed by atoms with van der Waals surface area (Å²) in [6.45, 7) is 2.64. The molecule has 0 spiro atoms. The van der Waals surface area contributed by atoms with Crippen LogP contribution >= 0.6 is 0 Å². The summed E-state index contributed by atoms with van der Waals surface area (Å²) >= 11 is 0. The first-order valence-electron chi connectivity index (χ1n) is 12.2. The maximum atomic E-state index is 12.0. The van der Waals surface area contributed by atoms with Crippen LogP contribution in [0.15, 0.2) is 12.2 Å². The van der Waals surface area contributed by atoms with E-state index in [1.807, 2.05) is 21.1 Å². The fourth-order valence-corrected chi connectivity index (χ4v) is 3.54. The van der Waals surface area contributed by atoms with E-state index in [1.165, 1.54) is 19.3 Å². The van der Waals surface area contributed by atoms with Crippen LogP contribution in [0.1, 0.15) is 96.8 Å². The van der Waals surface area contributed by atoms with Crippen LogP contribution < -0.4 is 5.11 Å². The van der Waals surface area contributed by atoms with Crippen LogP contribution in [-0.2, 0) is 14.3 Å². The molecule has 2 unspecified atom stereocenters. The van der Waals surface area contributed by atoms with E-state index in [0.29, 0.717) is 17.4 Å². The summed E-state index contributed by atoms with van der Waals surface area (Å²) in [5.74, 6) is -1.52. The second kappa shape index (κ2) is 18.2. The molecule has 0 heterocycles. The third-order valence-electron chi connectivity index (χ3n) is 5.16. The van der Waals surface area contributed by atoms with Crippen LogP contribution in [-0.4, -0.2) is 61.4 Å². The fraction of sp³-hybridized carbons (Fsp3) is 0.840. The molecule has 0 aromatic rings. The van der Waals surface area contributed by atoms with Crippen molar-refractivity contribution >= 4 is 11.9 Å². The molecule has 6 heteroatoms. The van der Waals surface area contributed by atoms with Gasteiger partial charge in [-0.25, -0.2) is 0 Å². The smallest absolute Gasteiger partial charge is 0.306 e. The monoisotopic (exact) mass is 441 g/mol. The second-order valence-electron chi connectivity index (χ2n) is 9.68. The number of esters is 1. The number of rotatable bonds is 20. The van der Waals surface area contributed by atoms with Crippen LogP contribution in [0.2, 0.25) is 0 Å². The van der Waals surface area contributed by atoms with Gasteiger partial charge in [0.1, 0.15) is 6.54 Å².